The Morgan fingerprint density at radius 3 is 2.16 bits per heavy atom. The summed E-state index contributed by atoms with van der Waals surface area (Å²) in [6, 6.07) is 21.3. The van der Waals surface area contributed by atoms with Crippen molar-refractivity contribution >= 4 is 46.2 Å². The molecule has 0 bridgehead atoms. The Bertz CT molecular complexity index is 2430. The Kier molecular flexibility index (Phi) is 8.52. The van der Waals surface area contributed by atoms with E-state index in [9.17, 15) is 19.2 Å². The maximum Gasteiger partial charge on any atom is 0.262 e. The summed E-state index contributed by atoms with van der Waals surface area (Å²) in [5.41, 5.74) is 11.6. The lowest BCUT2D eigenvalue weighted by atomic mass is 9.95. The minimum absolute atomic E-state index is 0.0956. The number of rotatable bonds is 8. The number of imide groups is 2. The molecule has 0 saturated carbocycles. The van der Waals surface area contributed by atoms with E-state index in [1.54, 1.807) is 12.1 Å². The third-order valence-corrected chi connectivity index (χ3v) is 12.3. The molecule has 4 fully saturated rings. The highest BCUT2D eigenvalue weighted by atomic mass is 16.5. The van der Waals surface area contributed by atoms with Crippen LogP contribution in [0.1, 0.15) is 58.0 Å². The van der Waals surface area contributed by atoms with Crippen molar-refractivity contribution in [1.82, 2.24) is 39.8 Å². The molecule has 4 amide bonds. The van der Waals surface area contributed by atoms with Gasteiger partial charge in [-0.05, 0) is 80.8 Å². The molecule has 1 unspecified atom stereocenters. The molecule has 5 aliphatic rings. The predicted molar refractivity (Wildman–Crippen MR) is 211 cm³/mol. The number of aryl methyl sites for hydroxylation is 1. The molecule has 290 valence electrons. The molecular formula is C42H42N10O5. The second-order valence-electron chi connectivity index (χ2n) is 15.8. The van der Waals surface area contributed by atoms with E-state index in [-0.39, 0.29) is 24.8 Å². The summed E-state index contributed by atoms with van der Waals surface area (Å²) >= 11 is 0. The van der Waals surface area contributed by atoms with Gasteiger partial charge in [0.15, 0.2) is 5.65 Å². The predicted octanol–water partition coefficient (Wildman–Crippen LogP) is 3.79. The molecule has 5 aliphatic heterocycles. The van der Waals surface area contributed by atoms with Gasteiger partial charge in [-0.25, -0.2) is 14.6 Å². The zero-order valence-electron chi connectivity index (χ0n) is 31.5. The first kappa shape index (κ1) is 35.2. The molecule has 0 spiro atoms. The fourth-order valence-corrected chi connectivity index (χ4v) is 8.94. The molecule has 5 aromatic rings. The first-order chi connectivity index (χ1) is 27.7. The second-order valence-corrected chi connectivity index (χ2v) is 15.8. The monoisotopic (exact) mass is 766 g/mol. The van der Waals surface area contributed by atoms with Gasteiger partial charge in [0.2, 0.25) is 11.8 Å². The van der Waals surface area contributed by atoms with E-state index in [4.69, 9.17) is 15.6 Å². The summed E-state index contributed by atoms with van der Waals surface area (Å²) in [5, 5.41) is 8.13. The zero-order valence-corrected chi connectivity index (χ0v) is 31.5. The van der Waals surface area contributed by atoms with Gasteiger partial charge in [0, 0.05) is 69.0 Å². The second kappa shape index (κ2) is 13.8. The molecule has 1 atom stereocenters. The van der Waals surface area contributed by atoms with Crippen LogP contribution in [0, 0.1) is 6.92 Å². The number of hydrogen-bond acceptors (Lipinski definition) is 12. The minimum atomic E-state index is -0.968. The fourth-order valence-electron chi connectivity index (χ4n) is 8.94. The van der Waals surface area contributed by atoms with Crippen molar-refractivity contribution in [1.29, 1.82) is 0 Å². The van der Waals surface area contributed by atoms with Crippen molar-refractivity contribution < 1.29 is 23.9 Å². The van der Waals surface area contributed by atoms with Gasteiger partial charge in [0.05, 0.1) is 22.6 Å². The maximum atomic E-state index is 13.3. The number of benzene rings is 3. The number of nitrogens with two attached hydrogens (primary N) is 1. The number of nitrogens with zero attached hydrogens (tertiary/aromatic N) is 8. The molecule has 10 rings (SSSR count). The summed E-state index contributed by atoms with van der Waals surface area (Å²) in [5.74, 6) is -0.0176. The molecule has 2 aromatic heterocycles. The Morgan fingerprint density at radius 1 is 0.754 bits per heavy atom. The van der Waals surface area contributed by atoms with Gasteiger partial charge < -0.3 is 15.4 Å². The number of likely N-dealkylation sites (tertiary alicyclic amines) is 2. The van der Waals surface area contributed by atoms with Crippen molar-refractivity contribution in [2.75, 3.05) is 49.9 Å². The number of anilines is 2. The summed E-state index contributed by atoms with van der Waals surface area (Å²) in [6.07, 6.45) is 3.66. The first-order valence-electron chi connectivity index (χ1n) is 19.6. The topological polar surface area (TPSA) is 172 Å². The van der Waals surface area contributed by atoms with Crippen LogP contribution in [0.5, 0.6) is 11.5 Å². The van der Waals surface area contributed by atoms with E-state index in [2.05, 4.69) is 34.7 Å². The van der Waals surface area contributed by atoms with Gasteiger partial charge in [-0.15, -0.1) is 0 Å². The van der Waals surface area contributed by atoms with Crippen LogP contribution in [0.3, 0.4) is 0 Å². The first-order valence-corrected chi connectivity index (χ1v) is 19.6. The van der Waals surface area contributed by atoms with Gasteiger partial charge in [-0.1, -0.05) is 17.7 Å². The van der Waals surface area contributed by atoms with Crippen molar-refractivity contribution in [3.63, 3.8) is 0 Å². The van der Waals surface area contributed by atoms with Crippen molar-refractivity contribution in [3.8, 4) is 22.8 Å². The average Bonchev–Trinajstić information content (AvgIpc) is 3.69. The molecule has 4 saturated heterocycles. The molecule has 15 nitrogen and oxygen atoms in total. The summed E-state index contributed by atoms with van der Waals surface area (Å²) in [6.45, 7) is 7.71. The molecule has 0 aliphatic carbocycles. The van der Waals surface area contributed by atoms with Crippen LogP contribution in [0.2, 0.25) is 0 Å². The largest absolute Gasteiger partial charge is 0.457 e. The number of hydrogen-bond donors (Lipinski definition) is 2. The number of aromatic nitrogens is 4. The number of carbonyl (C=O) groups excluding carboxylic acids is 4. The SMILES string of the molecule is Cc1ccc(Oc2ccc(-c3nn(C4CCN(C5CN(C6CN(c7ccc8c(c7)C(=O)N(C7CCC(=O)NC7=O)C8=O)C6)C5)CC4)c4ncnc(N)c34)cc2)cc1. The van der Waals surface area contributed by atoms with Crippen LogP contribution in [-0.4, -0.2) is 115 Å². The molecule has 15 heteroatoms. The third-order valence-electron chi connectivity index (χ3n) is 12.3. The lowest BCUT2D eigenvalue weighted by molar-refractivity contribution is -0.136. The quantitative estimate of drug-likeness (QED) is 0.219. The minimum Gasteiger partial charge on any atom is -0.457 e. The van der Waals surface area contributed by atoms with Gasteiger partial charge >= 0.3 is 0 Å². The van der Waals surface area contributed by atoms with E-state index in [0.29, 0.717) is 29.0 Å². The number of amides is 4. The maximum absolute atomic E-state index is 13.3. The third kappa shape index (κ3) is 6.17. The number of fused-ring (bicyclic) bond motifs is 2. The molecule has 3 aromatic carbocycles. The Balaban J connectivity index is 0.738. The van der Waals surface area contributed by atoms with Crippen molar-refractivity contribution in [2.45, 2.75) is 56.8 Å². The van der Waals surface area contributed by atoms with Crippen LogP contribution in [0.15, 0.2) is 73.1 Å². The molecule has 57 heavy (non-hydrogen) atoms. The smallest absolute Gasteiger partial charge is 0.262 e. The van der Waals surface area contributed by atoms with E-state index >= 15 is 0 Å². The van der Waals surface area contributed by atoms with E-state index in [1.165, 1.54) is 11.9 Å². The summed E-state index contributed by atoms with van der Waals surface area (Å²) < 4.78 is 8.11. The van der Waals surface area contributed by atoms with Crippen LogP contribution < -0.4 is 20.7 Å². The van der Waals surface area contributed by atoms with Crippen LogP contribution in [0.25, 0.3) is 22.3 Å². The van der Waals surface area contributed by atoms with E-state index < -0.39 is 23.8 Å². The normalized spacial score (nSPS) is 21.2. The fraction of sp³-hybridized carbons (Fsp3) is 0.357. The lowest BCUT2D eigenvalue weighted by Gasteiger charge is -2.55. The lowest BCUT2D eigenvalue weighted by Crippen LogP contribution is -2.70. The van der Waals surface area contributed by atoms with Crippen molar-refractivity contribution in [3.05, 3.63) is 89.7 Å². The summed E-state index contributed by atoms with van der Waals surface area (Å²) in [7, 11) is 0. The number of ether oxygens (including phenoxy) is 1. The highest BCUT2D eigenvalue weighted by molar-refractivity contribution is 6.23. The number of nitrogen functional groups attached to an aromatic ring is 1. The number of carbonyl (C=O) groups is 4. The van der Waals surface area contributed by atoms with Gasteiger partial charge in [-0.2, -0.15) is 5.10 Å². The van der Waals surface area contributed by atoms with Crippen LogP contribution in [-0.2, 0) is 9.59 Å². The molecule has 7 heterocycles. The van der Waals surface area contributed by atoms with Gasteiger partial charge in [0.1, 0.15) is 35.4 Å². The van der Waals surface area contributed by atoms with Crippen molar-refractivity contribution in [2.24, 2.45) is 0 Å². The van der Waals surface area contributed by atoms with Crippen LogP contribution in [0.4, 0.5) is 11.5 Å². The standard InChI is InChI=1S/C42H42N10O5/c1-24-2-7-30(8-3-24)57-31-9-4-25(5-10-31)37-36-38(43)44-23-45-39(36)52(47-37)26-14-16-48(17-15-26)28-19-50(20-28)29-21-49(22-29)27-6-11-32-33(18-27)42(56)51(41(32)55)34-12-13-35(53)46-40(34)54/h2-11,18,23,26,28-29,34H,12-17,19-22H2,1H3,(H2,43,44,45)(H,46,53,54). The highest BCUT2D eigenvalue weighted by Crippen LogP contribution is 2.37. The van der Waals surface area contributed by atoms with E-state index in [0.717, 1.165) is 96.5 Å². The number of piperidine rings is 2. The van der Waals surface area contributed by atoms with E-state index in [1.807, 2.05) is 61.5 Å². The number of nitrogens with one attached hydrogen (secondary N) is 1. The summed E-state index contributed by atoms with van der Waals surface area (Å²) in [4.78, 5) is 67.8. The molecule has 3 N–H and O–H groups in total. The Labute approximate surface area is 328 Å². The van der Waals surface area contributed by atoms with Gasteiger partial charge in [-0.3, -0.25) is 39.2 Å². The molecular weight excluding hydrogens is 725 g/mol. The zero-order chi connectivity index (χ0) is 38.9. The van der Waals surface area contributed by atoms with Crippen LogP contribution >= 0.6 is 0 Å². The Morgan fingerprint density at radius 2 is 1.44 bits per heavy atom. The van der Waals surface area contributed by atoms with Gasteiger partial charge in [0.25, 0.3) is 11.8 Å². The Hall–Kier alpha value is -6.19. The molecule has 0 radical (unpaired) electrons. The highest BCUT2D eigenvalue weighted by Gasteiger charge is 2.46. The average molecular weight is 767 g/mol.